The molecule has 0 N–H and O–H groups in total. The normalized spacial score (nSPS) is 24.2. The lowest BCUT2D eigenvalue weighted by Crippen LogP contribution is -2.55. The number of Topliss-reactive ketones (excluding diaryl/α,β-unsaturated/α-hetero) is 1. The molecule has 2 saturated heterocycles. The van der Waals surface area contributed by atoms with Crippen molar-refractivity contribution in [3.63, 3.8) is 0 Å². The van der Waals surface area contributed by atoms with Gasteiger partial charge < -0.3 is 14.5 Å². The van der Waals surface area contributed by atoms with Gasteiger partial charge >= 0.3 is 11.8 Å². The number of carbonyl (C=O) groups is 3. The number of carbonyl (C=O) groups excluding carboxylic acids is 3. The number of ether oxygens (including phenoxy) is 1. The second-order valence-corrected chi connectivity index (χ2v) is 5.05. The van der Waals surface area contributed by atoms with E-state index in [0.29, 0.717) is 32.8 Å². The van der Waals surface area contributed by atoms with Crippen molar-refractivity contribution in [2.24, 2.45) is 5.92 Å². The average molecular weight is 268 g/mol. The Kier molecular flexibility index (Phi) is 4.52. The van der Waals surface area contributed by atoms with Crippen LogP contribution in [0.2, 0.25) is 0 Å². The van der Waals surface area contributed by atoms with Gasteiger partial charge in [-0.05, 0) is 12.8 Å². The zero-order chi connectivity index (χ0) is 13.8. The summed E-state index contributed by atoms with van der Waals surface area (Å²) in [4.78, 5) is 38.6. The van der Waals surface area contributed by atoms with Crippen molar-refractivity contribution in [1.82, 2.24) is 9.80 Å². The Morgan fingerprint density at radius 1 is 1.26 bits per heavy atom. The van der Waals surface area contributed by atoms with E-state index in [1.54, 1.807) is 4.90 Å². The summed E-state index contributed by atoms with van der Waals surface area (Å²) in [6.45, 7) is 4.62. The molecule has 6 nitrogen and oxygen atoms in total. The first-order chi connectivity index (χ1) is 9.13. The van der Waals surface area contributed by atoms with E-state index in [0.717, 1.165) is 12.8 Å². The first-order valence-corrected chi connectivity index (χ1v) is 6.82. The highest BCUT2D eigenvalue weighted by atomic mass is 16.5. The van der Waals surface area contributed by atoms with Crippen molar-refractivity contribution in [3.05, 3.63) is 0 Å². The van der Waals surface area contributed by atoms with E-state index in [-0.39, 0.29) is 18.2 Å². The van der Waals surface area contributed by atoms with Crippen molar-refractivity contribution in [1.29, 1.82) is 0 Å². The van der Waals surface area contributed by atoms with Gasteiger partial charge in [-0.3, -0.25) is 14.4 Å². The number of ketones is 1. The summed E-state index contributed by atoms with van der Waals surface area (Å²) in [5, 5.41) is 0. The highest BCUT2D eigenvalue weighted by molar-refractivity contribution is 6.35. The van der Waals surface area contributed by atoms with Gasteiger partial charge in [-0.15, -0.1) is 0 Å². The molecule has 1 atom stereocenters. The van der Waals surface area contributed by atoms with Crippen LogP contribution in [0.3, 0.4) is 0 Å². The van der Waals surface area contributed by atoms with E-state index in [2.05, 4.69) is 0 Å². The minimum Gasteiger partial charge on any atom is -0.381 e. The molecule has 0 bridgehead atoms. The zero-order valence-electron chi connectivity index (χ0n) is 11.3. The minimum absolute atomic E-state index is 0.00240. The SMILES string of the molecule is CCCN1CCN(CC(=O)C2CCOC2)C(=O)C1=O. The topological polar surface area (TPSA) is 66.9 Å². The fourth-order valence-corrected chi connectivity index (χ4v) is 2.45. The first kappa shape index (κ1) is 14.0. The molecule has 1 unspecified atom stereocenters. The van der Waals surface area contributed by atoms with E-state index < -0.39 is 11.8 Å². The molecule has 2 aliphatic rings. The number of piperazine rings is 1. The number of amides is 2. The van der Waals surface area contributed by atoms with Crippen LogP contribution >= 0.6 is 0 Å². The molecule has 0 spiro atoms. The maximum Gasteiger partial charge on any atom is 0.312 e. The van der Waals surface area contributed by atoms with Crippen molar-refractivity contribution in [2.75, 3.05) is 39.4 Å². The number of nitrogens with zero attached hydrogens (tertiary/aromatic N) is 2. The lowest BCUT2D eigenvalue weighted by Gasteiger charge is -2.33. The van der Waals surface area contributed by atoms with E-state index in [4.69, 9.17) is 4.74 Å². The standard InChI is InChI=1S/C13H20N2O4/c1-2-4-14-5-6-15(13(18)12(14)17)8-11(16)10-3-7-19-9-10/h10H,2-9H2,1H3. The van der Waals surface area contributed by atoms with Gasteiger partial charge in [0.25, 0.3) is 0 Å². The summed E-state index contributed by atoms with van der Waals surface area (Å²) in [6, 6.07) is 0. The van der Waals surface area contributed by atoms with Crippen LogP contribution < -0.4 is 0 Å². The van der Waals surface area contributed by atoms with Gasteiger partial charge in [-0.2, -0.15) is 0 Å². The third-order valence-corrected chi connectivity index (χ3v) is 3.62. The molecule has 0 aromatic carbocycles. The van der Waals surface area contributed by atoms with Crippen LogP contribution in [0.25, 0.3) is 0 Å². The third-order valence-electron chi connectivity index (χ3n) is 3.62. The van der Waals surface area contributed by atoms with Crippen molar-refractivity contribution in [3.8, 4) is 0 Å². The van der Waals surface area contributed by atoms with Crippen LogP contribution in [0.5, 0.6) is 0 Å². The van der Waals surface area contributed by atoms with Crippen LogP contribution in [-0.2, 0) is 19.1 Å². The first-order valence-electron chi connectivity index (χ1n) is 6.82. The highest BCUT2D eigenvalue weighted by Gasteiger charge is 2.34. The number of rotatable bonds is 5. The minimum atomic E-state index is -0.549. The molecule has 2 heterocycles. The zero-order valence-corrected chi connectivity index (χ0v) is 11.3. The molecule has 106 valence electrons. The van der Waals surface area contributed by atoms with Crippen molar-refractivity contribution >= 4 is 17.6 Å². The Morgan fingerprint density at radius 2 is 1.95 bits per heavy atom. The molecule has 2 aliphatic heterocycles. The molecule has 2 amide bonds. The van der Waals surface area contributed by atoms with Crippen LogP contribution in [0.4, 0.5) is 0 Å². The molecular weight excluding hydrogens is 248 g/mol. The van der Waals surface area contributed by atoms with Gasteiger partial charge in [0.2, 0.25) is 0 Å². The summed E-state index contributed by atoms with van der Waals surface area (Å²) >= 11 is 0. The predicted molar refractivity (Wildman–Crippen MR) is 67.4 cm³/mol. The summed E-state index contributed by atoms with van der Waals surface area (Å²) in [5.41, 5.74) is 0. The summed E-state index contributed by atoms with van der Waals surface area (Å²) < 4.78 is 5.16. The smallest absolute Gasteiger partial charge is 0.312 e. The summed E-state index contributed by atoms with van der Waals surface area (Å²) in [6.07, 6.45) is 1.55. The fraction of sp³-hybridized carbons (Fsp3) is 0.769. The molecule has 6 heteroatoms. The molecule has 19 heavy (non-hydrogen) atoms. The Hall–Kier alpha value is -1.43. The lowest BCUT2D eigenvalue weighted by molar-refractivity contribution is -0.157. The highest BCUT2D eigenvalue weighted by Crippen LogP contribution is 2.15. The molecular formula is C13H20N2O4. The van der Waals surface area contributed by atoms with E-state index in [1.165, 1.54) is 4.90 Å². The van der Waals surface area contributed by atoms with Crippen LogP contribution in [-0.4, -0.2) is 66.8 Å². The van der Waals surface area contributed by atoms with Crippen LogP contribution in [0.15, 0.2) is 0 Å². The second kappa shape index (κ2) is 6.14. The molecule has 0 aromatic rings. The maximum absolute atomic E-state index is 12.0. The lowest BCUT2D eigenvalue weighted by atomic mass is 10.0. The third kappa shape index (κ3) is 3.12. The van der Waals surface area contributed by atoms with Crippen LogP contribution in [0.1, 0.15) is 19.8 Å². The van der Waals surface area contributed by atoms with Crippen molar-refractivity contribution < 1.29 is 19.1 Å². The molecule has 0 radical (unpaired) electrons. The Labute approximate surface area is 112 Å². The van der Waals surface area contributed by atoms with Gasteiger partial charge in [0, 0.05) is 32.2 Å². The van der Waals surface area contributed by atoms with E-state index in [1.807, 2.05) is 6.92 Å². The van der Waals surface area contributed by atoms with Crippen molar-refractivity contribution in [2.45, 2.75) is 19.8 Å². The maximum atomic E-state index is 12.0. The second-order valence-electron chi connectivity index (χ2n) is 5.05. The molecule has 0 saturated carbocycles. The van der Waals surface area contributed by atoms with E-state index in [9.17, 15) is 14.4 Å². The van der Waals surface area contributed by atoms with E-state index >= 15 is 0 Å². The Bertz CT molecular complexity index is 377. The molecule has 0 aliphatic carbocycles. The van der Waals surface area contributed by atoms with Gasteiger partial charge in [0.1, 0.15) is 0 Å². The number of hydrogen-bond donors (Lipinski definition) is 0. The summed E-state index contributed by atoms with van der Waals surface area (Å²) in [5.74, 6) is -1.14. The average Bonchev–Trinajstić information content (AvgIpc) is 2.92. The summed E-state index contributed by atoms with van der Waals surface area (Å²) in [7, 11) is 0. The Morgan fingerprint density at radius 3 is 2.58 bits per heavy atom. The number of hydrogen-bond acceptors (Lipinski definition) is 4. The quantitative estimate of drug-likeness (QED) is 0.641. The van der Waals surface area contributed by atoms with Gasteiger partial charge in [-0.25, -0.2) is 0 Å². The predicted octanol–water partition coefficient (Wildman–Crippen LogP) is -0.327. The van der Waals surface area contributed by atoms with Gasteiger partial charge in [0.15, 0.2) is 5.78 Å². The van der Waals surface area contributed by atoms with Gasteiger partial charge in [-0.1, -0.05) is 6.92 Å². The van der Waals surface area contributed by atoms with Gasteiger partial charge in [0.05, 0.1) is 13.2 Å². The molecule has 0 aromatic heterocycles. The molecule has 2 rings (SSSR count). The largest absolute Gasteiger partial charge is 0.381 e. The van der Waals surface area contributed by atoms with Crippen LogP contribution in [0, 0.1) is 5.92 Å². The Balaban J connectivity index is 1.89. The molecule has 2 fully saturated rings. The monoisotopic (exact) mass is 268 g/mol. The fourth-order valence-electron chi connectivity index (χ4n) is 2.45.